The Hall–Kier alpha value is -0.500. The largest absolute Gasteiger partial charge is 1.00 e. The summed E-state index contributed by atoms with van der Waals surface area (Å²) in [6, 6.07) is 14.2. The Kier molecular flexibility index (Phi) is 6.22. The normalized spacial score (nSPS) is 13.0. The van der Waals surface area contributed by atoms with Gasteiger partial charge in [0.2, 0.25) is 0 Å². The number of hydrogen-bond donors (Lipinski definition) is 0. The van der Waals surface area contributed by atoms with Crippen molar-refractivity contribution >= 4 is 33.3 Å². The number of aryl methyl sites for hydroxylation is 1. The molecule has 0 unspecified atom stereocenters. The van der Waals surface area contributed by atoms with Crippen molar-refractivity contribution in [1.82, 2.24) is 0 Å². The maximum absolute atomic E-state index is 10.8. The first-order valence-corrected chi connectivity index (χ1v) is 9.43. The molecule has 0 saturated heterocycles. The minimum atomic E-state index is -4.17. The van der Waals surface area contributed by atoms with Crippen LogP contribution in [0.5, 0.6) is 0 Å². The monoisotopic (exact) mass is 357 g/mol. The predicted octanol–water partition coefficient (Wildman–Crippen LogP) is 0.537. The molecule has 0 spiro atoms. The summed E-state index contributed by atoms with van der Waals surface area (Å²) in [5.74, 6) is -0.333. The SMILES string of the molecule is Cc1cccc2c1Sc1ccccc1N2CCCS(=O)(=O)[O-].[Na+]. The van der Waals surface area contributed by atoms with Gasteiger partial charge >= 0.3 is 29.6 Å². The van der Waals surface area contributed by atoms with E-state index in [0.29, 0.717) is 13.0 Å². The van der Waals surface area contributed by atoms with Gasteiger partial charge in [-0.1, -0.05) is 36.0 Å². The van der Waals surface area contributed by atoms with Crippen molar-refractivity contribution in [2.45, 2.75) is 23.1 Å². The van der Waals surface area contributed by atoms with Gasteiger partial charge in [0.05, 0.1) is 21.5 Å². The third kappa shape index (κ3) is 4.32. The van der Waals surface area contributed by atoms with Crippen LogP contribution in [0.25, 0.3) is 0 Å². The van der Waals surface area contributed by atoms with Crippen molar-refractivity contribution in [3.05, 3.63) is 48.0 Å². The van der Waals surface area contributed by atoms with Crippen molar-refractivity contribution in [3.63, 3.8) is 0 Å². The van der Waals surface area contributed by atoms with E-state index in [-0.39, 0.29) is 35.3 Å². The average molecular weight is 357 g/mol. The van der Waals surface area contributed by atoms with E-state index >= 15 is 0 Å². The van der Waals surface area contributed by atoms with E-state index in [2.05, 4.69) is 24.0 Å². The number of hydrogen-bond acceptors (Lipinski definition) is 5. The summed E-state index contributed by atoms with van der Waals surface area (Å²) in [5, 5.41) is 0. The average Bonchev–Trinajstić information content (AvgIpc) is 2.46. The molecule has 3 rings (SSSR count). The van der Waals surface area contributed by atoms with Gasteiger partial charge in [0.15, 0.2) is 0 Å². The van der Waals surface area contributed by atoms with Gasteiger partial charge < -0.3 is 9.45 Å². The molecule has 0 aliphatic carbocycles. The molecule has 0 amide bonds. The third-order valence-corrected chi connectivity index (χ3v) is 5.72. The molecule has 2 aromatic carbocycles. The van der Waals surface area contributed by atoms with Gasteiger partial charge in [0, 0.05) is 22.1 Å². The Morgan fingerprint density at radius 3 is 2.52 bits per heavy atom. The molecule has 0 aromatic heterocycles. The topological polar surface area (TPSA) is 60.4 Å². The van der Waals surface area contributed by atoms with Crippen LogP contribution in [-0.2, 0) is 10.1 Å². The zero-order valence-corrected chi connectivity index (χ0v) is 16.8. The summed E-state index contributed by atoms with van der Waals surface area (Å²) in [6.07, 6.45) is 0.318. The van der Waals surface area contributed by atoms with Crippen LogP contribution >= 0.6 is 11.8 Å². The number of para-hydroxylation sites is 1. The van der Waals surface area contributed by atoms with E-state index in [0.717, 1.165) is 16.3 Å². The number of benzene rings is 2. The molecule has 1 aliphatic heterocycles. The summed E-state index contributed by atoms with van der Waals surface area (Å²) in [7, 11) is -4.17. The van der Waals surface area contributed by atoms with Gasteiger partial charge in [0.25, 0.3) is 0 Å². The van der Waals surface area contributed by atoms with E-state index in [1.54, 1.807) is 11.8 Å². The Morgan fingerprint density at radius 1 is 1.09 bits per heavy atom. The molecule has 0 bridgehead atoms. The molecule has 23 heavy (non-hydrogen) atoms. The summed E-state index contributed by atoms with van der Waals surface area (Å²) in [5.41, 5.74) is 3.33. The van der Waals surface area contributed by atoms with E-state index in [9.17, 15) is 13.0 Å². The molecule has 1 aliphatic rings. The van der Waals surface area contributed by atoms with Gasteiger partial charge in [-0.2, -0.15) is 0 Å². The van der Waals surface area contributed by atoms with Crippen molar-refractivity contribution in [1.29, 1.82) is 0 Å². The molecule has 7 heteroatoms. The van der Waals surface area contributed by atoms with Crippen molar-refractivity contribution in [2.24, 2.45) is 0 Å². The zero-order valence-electron chi connectivity index (χ0n) is 13.2. The Balaban J connectivity index is 0.00000192. The van der Waals surface area contributed by atoms with Gasteiger partial charge in [-0.15, -0.1) is 0 Å². The van der Waals surface area contributed by atoms with E-state index in [1.807, 2.05) is 30.3 Å². The van der Waals surface area contributed by atoms with Gasteiger partial charge in [-0.3, -0.25) is 0 Å². The zero-order chi connectivity index (χ0) is 15.7. The van der Waals surface area contributed by atoms with Crippen LogP contribution in [0.3, 0.4) is 0 Å². The molecule has 0 N–H and O–H groups in total. The van der Waals surface area contributed by atoms with Crippen LogP contribution < -0.4 is 34.5 Å². The third-order valence-electron chi connectivity index (χ3n) is 3.63. The fourth-order valence-corrected chi connectivity index (χ4v) is 4.27. The smallest absolute Gasteiger partial charge is 0.748 e. The van der Waals surface area contributed by atoms with Crippen molar-refractivity contribution in [3.8, 4) is 0 Å². The van der Waals surface area contributed by atoms with Crippen LogP contribution in [0.1, 0.15) is 12.0 Å². The summed E-state index contributed by atoms with van der Waals surface area (Å²) in [6.45, 7) is 2.58. The van der Waals surface area contributed by atoms with Gasteiger partial charge in [-0.05, 0) is 37.1 Å². The van der Waals surface area contributed by atoms with Crippen LogP contribution in [0.15, 0.2) is 52.3 Å². The summed E-state index contributed by atoms with van der Waals surface area (Å²) < 4.78 is 32.5. The second-order valence-corrected chi connectivity index (χ2v) is 7.84. The Bertz CT molecular complexity index is 809. The van der Waals surface area contributed by atoms with E-state index in [4.69, 9.17) is 0 Å². The maximum Gasteiger partial charge on any atom is 1.00 e. The van der Waals surface area contributed by atoms with Crippen LogP contribution in [0, 0.1) is 6.92 Å². The summed E-state index contributed by atoms with van der Waals surface area (Å²) in [4.78, 5) is 4.44. The predicted molar refractivity (Wildman–Crippen MR) is 87.9 cm³/mol. The molecule has 116 valence electrons. The van der Waals surface area contributed by atoms with Gasteiger partial charge in [-0.25, -0.2) is 8.42 Å². The molecule has 2 aromatic rings. The second-order valence-electron chi connectivity index (χ2n) is 5.26. The second kappa shape index (κ2) is 7.59. The number of anilines is 2. The first kappa shape index (κ1) is 18.8. The number of nitrogens with zero attached hydrogens (tertiary/aromatic N) is 1. The molecular weight excluding hydrogens is 341 g/mol. The van der Waals surface area contributed by atoms with Crippen LogP contribution in [-0.4, -0.2) is 25.3 Å². The maximum atomic E-state index is 10.8. The molecule has 0 atom stereocenters. The van der Waals surface area contributed by atoms with Crippen LogP contribution in [0.4, 0.5) is 11.4 Å². The fourth-order valence-electron chi connectivity index (χ4n) is 2.63. The fraction of sp³-hybridized carbons (Fsp3) is 0.250. The molecule has 1 heterocycles. The standard InChI is InChI=1S/C16H17NO3S2.Na/c1-12-6-4-8-14-16(12)21-15-9-3-2-7-13(15)17(14)10-5-11-22(18,19)20;/h2-4,6-9H,5,10-11H2,1H3,(H,18,19,20);/q;+1/p-1. The van der Waals surface area contributed by atoms with Crippen molar-refractivity contribution in [2.75, 3.05) is 17.2 Å². The van der Waals surface area contributed by atoms with Gasteiger partial charge in [0.1, 0.15) is 0 Å². The molecular formula is C16H16NNaO3S2. The van der Waals surface area contributed by atoms with E-state index < -0.39 is 10.1 Å². The number of fused-ring (bicyclic) bond motifs is 2. The minimum absolute atomic E-state index is 0. The number of rotatable bonds is 4. The minimum Gasteiger partial charge on any atom is -0.748 e. The quantitative estimate of drug-likeness (QED) is 0.590. The molecule has 0 saturated carbocycles. The summed E-state index contributed by atoms with van der Waals surface area (Å²) >= 11 is 1.73. The van der Waals surface area contributed by atoms with E-state index in [1.165, 1.54) is 10.5 Å². The Morgan fingerprint density at radius 2 is 1.78 bits per heavy atom. The molecule has 0 fully saturated rings. The molecule has 0 radical (unpaired) electrons. The van der Waals surface area contributed by atoms with Crippen LogP contribution in [0.2, 0.25) is 0 Å². The van der Waals surface area contributed by atoms with Crippen molar-refractivity contribution < 1.29 is 42.5 Å². The first-order valence-electron chi connectivity index (χ1n) is 7.03. The first-order chi connectivity index (χ1) is 10.5. The Labute approximate surface area is 163 Å². The molecule has 4 nitrogen and oxygen atoms in total.